The number of carbonyl (C=O) groups is 2. The first-order valence-electron chi connectivity index (χ1n) is 9.84. The van der Waals surface area contributed by atoms with Gasteiger partial charge < -0.3 is 14.6 Å². The van der Waals surface area contributed by atoms with E-state index in [1.807, 2.05) is 0 Å². The molecule has 7 nitrogen and oxygen atoms in total. The highest BCUT2D eigenvalue weighted by atomic mass is 32.2. The van der Waals surface area contributed by atoms with Crippen LogP contribution in [0.25, 0.3) is 0 Å². The summed E-state index contributed by atoms with van der Waals surface area (Å²) in [5.74, 6) is -0.857. The Hall–Kier alpha value is -3.46. The maximum Gasteiger partial charge on any atom is 0.337 e. The zero-order valence-corrected chi connectivity index (χ0v) is 18.2. The average Bonchev–Trinajstić information content (AvgIpc) is 2.80. The van der Waals surface area contributed by atoms with Crippen molar-refractivity contribution in [2.45, 2.75) is 23.2 Å². The monoisotopic (exact) mass is 453 g/mol. The fourth-order valence-electron chi connectivity index (χ4n) is 3.68. The summed E-state index contributed by atoms with van der Waals surface area (Å²) in [5, 5.41) is 3.15. The number of rotatable bonds is 5. The van der Waals surface area contributed by atoms with E-state index < -0.39 is 17.4 Å². The van der Waals surface area contributed by atoms with Crippen LogP contribution in [0.4, 0.5) is 10.2 Å². The van der Waals surface area contributed by atoms with E-state index >= 15 is 0 Å². The van der Waals surface area contributed by atoms with Crippen molar-refractivity contribution in [3.8, 4) is 0 Å². The molecule has 0 aliphatic carbocycles. The molecule has 1 N–H and O–H groups in total. The molecule has 0 fully saturated rings. The minimum atomic E-state index is -0.498. The number of carbonyl (C=O) groups excluding carboxylic acids is 2. The van der Waals surface area contributed by atoms with Crippen LogP contribution in [0.3, 0.4) is 0 Å². The van der Waals surface area contributed by atoms with Crippen molar-refractivity contribution in [2.75, 3.05) is 12.4 Å². The molecule has 9 heteroatoms. The molecule has 0 saturated heterocycles. The van der Waals surface area contributed by atoms with Gasteiger partial charge in [0.1, 0.15) is 11.6 Å². The lowest BCUT2D eigenvalue weighted by molar-refractivity contribution is -0.116. The SMILES string of the molecule is COC(=O)c1ccc(C2CC(=O)Nc3c2c(=O)nc(SCc2ccccc2F)n3C)cc1. The van der Waals surface area contributed by atoms with Gasteiger partial charge >= 0.3 is 5.97 Å². The minimum absolute atomic E-state index is 0.0865. The van der Waals surface area contributed by atoms with Gasteiger partial charge in [-0.05, 0) is 29.3 Å². The molecule has 1 aromatic heterocycles. The van der Waals surface area contributed by atoms with Gasteiger partial charge in [-0.3, -0.25) is 9.59 Å². The second-order valence-corrected chi connectivity index (χ2v) is 8.26. The third-order valence-electron chi connectivity index (χ3n) is 5.35. The number of benzene rings is 2. The predicted octanol–water partition coefficient (Wildman–Crippen LogP) is 3.47. The highest BCUT2D eigenvalue weighted by Crippen LogP contribution is 2.36. The van der Waals surface area contributed by atoms with Gasteiger partial charge in [0.15, 0.2) is 5.16 Å². The number of hydrogen-bond donors (Lipinski definition) is 1. The molecule has 1 amide bonds. The van der Waals surface area contributed by atoms with Crippen molar-refractivity contribution in [3.63, 3.8) is 0 Å². The van der Waals surface area contributed by atoms with Gasteiger partial charge in [0, 0.05) is 25.1 Å². The summed E-state index contributed by atoms with van der Waals surface area (Å²) in [7, 11) is 3.01. The van der Waals surface area contributed by atoms with Crippen molar-refractivity contribution in [3.05, 3.63) is 87.0 Å². The average molecular weight is 453 g/mol. The predicted molar refractivity (Wildman–Crippen MR) is 118 cm³/mol. The summed E-state index contributed by atoms with van der Waals surface area (Å²) in [5.41, 5.74) is 1.53. The molecule has 2 heterocycles. The number of methoxy groups -OCH3 is 1. The van der Waals surface area contributed by atoms with Gasteiger partial charge in [0.05, 0.1) is 18.2 Å². The number of amides is 1. The first kappa shape index (κ1) is 21.8. The van der Waals surface area contributed by atoms with E-state index in [0.717, 1.165) is 5.56 Å². The third kappa shape index (κ3) is 4.16. The lowest BCUT2D eigenvalue weighted by atomic mass is 9.86. The summed E-state index contributed by atoms with van der Waals surface area (Å²) in [6.07, 6.45) is 0.0865. The van der Waals surface area contributed by atoms with E-state index in [4.69, 9.17) is 4.74 Å². The quantitative estimate of drug-likeness (QED) is 0.361. The fraction of sp³-hybridized carbons (Fsp3) is 0.217. The number of ether oxygens (including phenoxy) is 1. The molecule has 0 radical (unpaired) electrons. The summed E-state index contributed by atoms with van der Waals surface area (Å²) >= 11 is 1.22. The Morgan fingerprint density at radius 2 is 1.94 bits per heavy atom. The molecule has 0 spiro atoms. The molecule has 1 unspecified atom stereocenters. The van der Waals surface area contributed by atoms with Gasteiger partial charge in [-0.15, -0.1) is 0 Å². The van der Waals surface area contributed by atoms with Crippen LogP contribution < -0.4 is 10.9 Å². The minimum Gasteiger partial charge on any atom is -0.465 e. The van der Waals surface area contributed by atoms with Crippen LogP contribution in [0.2, 0.25) is 0 Å². The largest absolute Gasteiger partial charge is 0.465 e. The van der Waals surface area contributed by atoms with E-state index in [2.05, 4.69) is 10.3 Å². The van der Waals surface area contributed by atoms with Gasteiger partial charge in [-0.1, -0.05) is 42.1 Å². The number of thioether (sulfide) groups is 1. The van der Waals surface area contributed by atoms with Gasteiger partial charge in [0.2, 0.25) is 5.91 Å². The maximum absolute atomic E-state index is 13.9. The number of anilines is 1. The zero-order valence-electron chi connectivity index (χ0n) is 17.4. The van der Waals surface area contributed by atoms with Crippen molar-refractivity contribution in [1.29, 1.82) is 0 Å². The molecule has 164 valence electrons. The van der Waals surface area contributed by atoms with Crippen LogP contribution in [0.5, 0.6) is 0 Å². The Kier molecular flexibility index (Phi) is 6.09. The molecule has 0 bridgehead atoms. The van der Waals surface area contributed by atoms with Gasteiger partial charge in [-0.25, -0.2) is 9.18 Å². The Bertz CT molecular complexity index is 1260. The zero-order chi connectivity index (χ0) is 22.8. The van der Waals surface area contributed by atoms with Crippen molar-refractivity contribution in [2.24, 2.45) is 7.05 Å². The topological polar surface area (TPSA) is 90.3 Å². The van der Waals surface area contributed by atoms with Crippen LogP contribution in [-0.2, 0) is 22.3 Å². The number of hydrogen-bond acceptors (Lipinski definition) is 6. The van der Waals surface area contributed by atoms with E-state index in [1.165, 1.54) is 24.9 Å². The summed E-state index contributed by atoms with van der Waals surface area (Å²) in [6, 6.07) is 13.0. The lowest BCUT2D eigenvalue weighted by Crippen LogP contribution is -2.33. The fourth-order valence-corrected chi connectivity index (χ4v) is 4.63. The van der Waals surface area contributed by atoms with Crippen LogP contribution in [0, 0.1) is 5.82 Å². The molecule has 3 aromatic rings. The Balaban J connectivity index is 1.69. The first-order chi connectivity index (χ1) is 15.4. The second kappa shape index (κ2) is 8.96. The number of aromatic nitrogens is 2. The van der Waals surface area contributed by atoms with Crippen LogP contribution in [-0.4, -0.2) is 28.5 Å². The van der Waals surface area contributed by atoms with Crippen molar-refractivity contribution < 1.29 is 18.7 Å². The van der Waals surface area contributed by atoms with E-state index in [0.29, 0.717) is 27.7 Å². The number of nitrogens with zero attached hydrogens (tertiary/aromatic N) is 2. The third-order valence-corrected chi connectivity index (χ3v) is 6.43. The Morgan fingerprint density at radius 1 is 1.22 bits per heavy atom. The van der Waals surface area contributed by atoms with Crippen LogP contribution >= 0.6 is 11.8 Å². The van der Waals surface area contributed by atoms with Crippen molar-refractivity contribution >= 4 is 29.5 Å². The van der Waals surface area contributed by atoms with Crippen LogP contribution in [0.1, 0.15) is 39.4 Å². The van der Waals surface area contributed by atoms with Gasteiger partial charge in [-0.2, -0.15) is 4.98 Å². The maximum atomic E-state index is 13.9. The highest BCUT2D eigenvalue weighted by Gasteiger charge is 2.32. The molecule has 0 saturated carbocycles. The van der Waals surface area contributed by atoms with E-state index in [-0.39, 0.29) is 23.9 Å². The first-order valence-corrected chi connectivity index (χ1v) is 10.8. The molecule has 4 rings (SSSR count). The molecule has 1 aliphatic rings. The van der Waals surface area contributed by atoms with E-state index in [1.54, 1.807) is 54.1 Å². The molecule has 2 aromatic carbocycles. The summed E-state index contributed by atoms with van der Waals surface area (Å²) < 4.78 is 20.3. The van der Waals surface area contributed by atoms with Crippen molar-refractivity contribution in [1.82, 2.24) is 9.55 Å². The second-order valence-electron chi connectivity index (χ2n) is 7.32. The Labute approximate surface area is 187 Å². The standard InChI is InChI=1S/C23H20FN3O4S/c1-27-20-19(21(29)26-23(27)32-12-15-5-3-4-6-17(15)24)16(11-18(28)25-20)13-7-9-14(10-8-13)22(30)31-2/h3-10,16H,11-12H2,1-2H3,(H,25,28). The van der Waals surface area contributed by atoms with Crippen LogP contribution in [0.15, 0.2) is 58.5 Å². The normalized spacial score (nSPS) is 15.1. The summed E-state index contributed by atoms with van der Waals surface area (Å²) in [6.45, 7) is 0. The molecule has 32 heavy (non-hydrogen) atoms. The summed E-state index contributed by atoms with van der Waals surface area (Å²) in [4.78, 5) is 41.4. The molecular weight excluding hydrogens is 433 g/mol. The molecule has 1 atom stereocenters. The molecule has 1 aliphatic heterocycles. The number of halogens is 1. The van der Waals surface area contributed by atoms with E-state index in [9.17, 15) is 18.8 Å². The number of esters is 1. The molecular formula is C23H20FN3O4S. The smallest absolute Gasteiger partial charge is 0.337 e. The number of fused-ring (bicyclic) bond motifs is 1. The van der Waals surface area contributed by atoms with Gasteiger partial charge in [0.25, 0.3) is 5.56 Å². The Morgan fingerprint density at radius 3 is 2.62 bits per heavy atom. The number of nitrogens with one attached hydrogen (secondary N) is 1. The highest BCUT2D eigenvalue weighted by molar-refractivity contribution is 7.98. The lowest BCUT2D eigenvalue weighted by Gasteiger charge is -2.27.